The van der Waals surface area contributed by atoms with Crippen molar-refractivity contribution in [3.63, 3.8) is 0 Å². The van der Waals surface area contributed by atoms with Gasteiger partial charge >= 0.3 is 0 Å². The summed E-state index contributed by atoms with van der Waals surface area (Å²) in [6.45, 7) is 1.95. The Morgan fingerprint density at radius 1 is 1.40 bits per heavy atom. The molecule has 0 amide bonds. The van der Waals surface area contributed by atoms with E-state index in [0.717, 1.165) is 21.4 Å². The van der Waals surface area contributed by atoms with Crippen LogP contribution in [0.5, 0.6) is 0 Å². The molecule has 0 radical (unpaired) electrons. The summed E-state index contributed by atoms with van der Waals surface area (Å²) in [6.07, 6.45) is 1.89. The van der Waals surface area contributed by atoms with Crippen molar-refractivity contribution in [1.29, 1.82) is 0 Å². The van der Waals surface area contributed by atoms with E-state index in [1.807, 2.05) is 37.4 Å². The monoisotopic (exact) mass is 266 g/mol. The molecule has 0 spiro atoms. The molecule has 0 bridgehead atoms. The second kappa shape index (κ2) is 4.16. The fraction of sp³-hybridized carbons (Fsp3) is 0.182. The quantitative estimate of drug-likeness (QED) is 0.907. The molecule has 0 unspecified atom stereocenters. The van der Waals surface area contributed by atoms with Gasteiger partial charge in [0, 0.05) is 16.2 Å². The zero-order chi connectivity index (χ0) is 10.8. The maximum absolute atomic E-state index is 9.25. The smallest absolute Gasteiger partial charge is 0.0703 e. The molecule has 0 aliphatic heterocycles. The van der Waals surface area contributed by atoms with E-state index in [2.05, 4.69) is 21.0 Å². The lowest BCUT2D eigenvalue weighted by Crippen LogP contribution is -2.00. The molecule has 0 aliphatic rings. The molecule has 2 aromatic rings. The van der Waals surface area contributed by atoms with E-state index in [-0.39, 0.29) is 6.61 Å². The number of aromatic nitrogens is 2. The Balaban J connectivity index is 2.52. The molecule has 1 aromatic heterocycles. The predicted octanol–water partition coefficient (Wildman–Crippen LogP) is 2.44. The number of aliphatic hydroxyl groups is 1. The van der Waals surface area contributed by atoms with Gasteiger partial charge in [-0.05, 0) is 31.2 Å². The Bertz CT molecular complexity index is 479. The topological polar surface area (TPSA) is 38.0 Å². The second-order valence-electron chi connectivity index (χ2n) is 3.33. The van der Waals surface area contributed by atoms with E-state index in [0.29, 0.717) is 0 Å². The molecule has 4 heteroatoms. The lowest BCUT2D eigenvalue weighted by atomic mass is 10.2. The van der Waals surface area contributed by atoms with Gasteiger partial charge in [-0.1, -0.05) is 15.9 Å². The van der Waals surface area contributed by atoms with Crippen molar-refractivity contribution in [3.05, 3.63) is 46.2 Å². The predicted molar refractivity (Wildman–Crippen MR) is 61.9 cm³/mol. The van der Waals surface area contributed by atoms with Crippen molar-refractivity contribution >= 4 is 15.9 Å². The van der Waals surface area contributed by atoms with E-state index < -0.39 is 0 Å². The molecule has 0 saturated heterocycles. The molecule has 15 heavy (non-hydrogen) atoms. The van der Waals surface area contributed by atoms with E-state index >= 15 is 0 Å². The molecule has 1 aromatic carbocycles. The highest BCUT2D eigenvalue weighted by Gasteiger charge is 2.05. The molecule has 0 atom stereocenters. The summed E-state index contributed by atoms with van der Waals surface area (Å²) < 4.78 is 2.73. The number of hydrogen-bond donors (Lipinski definition) is 1. The summed E-state index contributed by atoms with van der Waals surface area (Å²) >= 11 is 3.37. The highest BCUT2D eigenvalue weighted by molar-refractivity contribution is 9.10. The molecule has 0 aliphatic carbocycles. The highest BCUT2D eigenvalue weighted by Crippen LogP contribution is 2.19. The maximum Gasteiger partial charge on any atom is 0.0703 e. The number of benzene rings is 1. The van der Waals surface area contributed by atoms with Gasteiger partial charge in [0.05, 0.1) is 18.0 Å². The van der Waals surface area contributed by atoms with Crippen LogP contribution >= 0.6 is 15.9 Å². The van der Waals surface area contributed by atoms with Gasteiger partial charge < -0.3 is 5.11 Å². The van der Waals surface area contributed by atoms with Crippen LogP contribution in [-0.4, -0.2) is 14.9 Å². The standard InChI is InChI=1S/C11H11BrN2O/c1-8-4-5-14(13-8)11-3-2-10(12)6-9(11)7-15/h2-6,15H,7H2,1H3. The van der Waals surface area contributed by atoms with Crippen LogP contribution in [-0.2, 0) is 6.61 Å². The van der Waals surface area contributed by atoms with Gasteiger partial charge in [0.25, 0.3) is 0 Å². The van der Waals surface area contributed by atoms with Gasteiger partial charge in [0.2, 0.25) is 0 Å². The van der Waals surface area contributed by atoms with Crippen LogP contribution < -0.4 is 0 Å². The first-order chi connectivity index (χ1) is 7.20. The maximum atomic E-state index is 9.25. The van der Waals surface area contributed by atoms with Crippen LogP contribution in [0.2, 0.25) is 0 Å². The highest BCUT2D eigenvalue weighted by atomic mass is 79.9. The molecule has 1 N–H and O–H groups in total. The van der Waals surface area contributed by atoms with Crippen LogP contribution in [0.4, 0.5) is 0 Å². The summed E-state index contributed by atoms with van der Waals surface area (Å²) in [5.74, 6) is 0. The molecule has 0 fully saturated rings. The van der Waals surface area contributed by atoms with Crippen molar-refractivity contribution in [1.82, 2.24) is 9.78 Å². The Hall–Kier alpha value is -1.13. The van der Waals surface area contributed by atoms with E-state index in [9.17, 15) is 5.11 Å². The Morgan fingerprint density at radius 3 is 2.80 bits per heavy atom. The minimum absolute atomic E-state index is 0.00762. The third kappa shape index (κ3) is 2.11. The number of halogens is 1. The van der Waals surface area contributed by atoms with Crippen LogP contribution in [0.1, 0.15) is 11.3 Å². The number of nitrogens with zero attached hydrogens (tertiary/aromatic N) is 2. The number of hydrogen-bond acceptors (Lipinski definition) is 2. The molecular formula is C11H11BrN2O. The molecule has 78 valence electrons. The summed E-state index contributed by atoms with van der Waals surface area (Å²) in [7, 11) is 0. The summed E-state index contributed by atoms with van der Waals surface area (Å²) in [5, 5.41) is 13.6. The molecule has 2 rings (SSSR count). The van der Waals surface area contributed by atoms with E-state index in [4.69, 9.17) is 0 Å². The zero-order valence-corrected chi connectivity index (χ0v) is 9.90. The number of rotatable bonds is 2. The van der Waals surface area contributed by atoms with Crippen molar-refractivity contribution in [2.45, 2.75) is 13.5 Å². The first kappa shape index (κ1) is 10.4. The average Bonchev–Trinajstić information content (AvgIpc) is 2.64. The van der Waals surface area contributed by atoms with Gasteiger partial charge in [0.15, 0.2) is 0 Å². The van der Waals surface area contributed by atoms with Crippen LogP contribution in [0.15, 0.2) is 34.9 Å². The first-order valence-corrected chi connectivity index (χ1v) is 5.42. The van der Waals surface area contributed by atoms with Gasteiger partial charge in [-0.3, -0.25) is 0 Å². The SMILES string of the molecule is Cc1ccn(-c2ccc(Br)cc2CO)n1. The molecule has 3 nitrogen and oxygen atoms in total. The third-order valence-electron chi connectivity index (χ3n) is 2.18. The average molecular weight is 267 g/mol. The van der Waals surface area contributed by atoms with Crippen molar-refractivity contribution < 1.29 is 5.11 Å². The Labute approximate surface area is 96.5 Å². The minimum atomic E-state index is 0.00762. The van der Waals surface area contributed by atoms with Crippen molar-refractivity contribution in [2.24, 2.45) is 0 Å². The fourth-order valence-electron chi connectivity index (χ4n) is 1.45. The van der Waals surface area contributed by atoms with Crippen LogP contribution in [0.25, 0.3) is 5.69 Å². The number of aryl methyl sites for hydroxylation is 1. The summed E-state index contributed by atoms with van der Waals surface area (Å²) in [6, 6.07) is 7.70. The summed E-state index contributed by atoms with van der Waals surface area (Å²) in [4.78, 5) is 0. The van der Waals surface area contributed by atoms with E-state index in [1.165, 1.54) is 0 Å². The van der Waals surface area contributed by atoms with Crippen molar-refractivity contribution in [3.8, 4) is 5.69 Å². The Kier molecular flexibility index (Phi) is 2.88. The lowest BCUT2D eigenvalue weighted by Gasteiger charge is -2.07. The second-order valence-corrected chi connectivity index (χ2v) is 4.25. The third-order valence-corrected chi connectivity index (χ3v) is 2.67. The minimum Gasteiger partial charge on any atom is -0.392 e. The summed E-state index contributed by atoms with van der Waals surface area (Å²) in [5.41, 5.74) is 2.73. The Morgan fingerprint density at radius 2 is 2.20 bits per heavy atom. The van der Waals surface area contributed by atoms with Crippen molar-refractivity contribution in [2.75, 3.05) is 0 Å². The van der Waals surface area contributed by atoms with Gasteiger partial charge in [-0.2, -0.15) is 5.10 Å². The van der Waals surface area contributed by atoms with Gasteiger partial charge in [0.1, 0.15) is 0 Å². The lowest BCUT2D eigenvalue weighted by molar-refractivity contribution is 0.281. The van der Waals surface area contributed by atoms with Crippen LogP contribution in [0.3, 0.4) is 0 Å². The fourth-order valence-corrected chi connectivity index (χ4v) is 1.86. The first-order valence-electron chi connectivity index (χ1n) is 4.62. The molecule has 0 saturated carbocycles. The largest absolute Gasteiger partial charge is 0.392 e. The molecular weight excluding hydrogens is 256 g/mol. The zero-order valence-electron chi connectivity index (χ0n) is 8.31. The normalized spacial score (nSPS) is 10.6. The molecule has 1 heterocycles. The van der Waals surface area contributed by atoms with Gasteiger partial charge in [-0.25, -0.2) is 4.68 Å². The van der Waals surface area contributed by atoms with E-state index in [1.54, 1.807) is 4.68 Å². The van der Waals surface area contributed by atoms with Crippen LogP contribution in [0, 0.1) is 6.92 Å². The van der Waals surface area contributed by atoms with Gasteiger partial charge in [-0.15, -0.1) is 0 Å². The number of aliphatic hydroxyl groups excluding tert-OH is 1.